The third-order valence-corrected chi connectivity index (χ3v) is 4.01. The zero-order valence-corrected chi connectivity index (χ0v) is 12.6. The van der Waals surface area contributed by atoms with Gasteiger partial charge in [0.05, 0.1) is 5.69 Å². The van der Waals surface area contributed by atoms with Gasteiger partial charge in [-0.2, -0.15) is 0 Å². The minimum Gasteiger partial charge on any atom is -0.396 e. The average molecular weight is 313 g/mol. The van der Waals surface area contributed by atoms with Gasteiger partial charge < -0.3 is 15.3 Å². The number of piperazine rings is 1. The molecule has 100 valence electrons. The van der Waals surface area contributed by atoms with Gasteiger partial charge in [0.25, 0.3) is 0 Å². The number of halogens is 1. The van der Waals surface area contributed by atoms with Crippen molar-refractivity contribution in [1.82, 2.24) is 5.32 Å². The Morgan fingerprint density at radius 1 is 1.44 bits per heavy atom. The van der Waals surface area contributed by atoms with Gasteiger partial charge in [0, 0.05) is 36.3 Å². The van der Waals surface area contributed by atoms with Crippen molar-refractivity contribution in [2.45, 2.75) is 32.4 Å². The molecule has 2 atom stereocenters. The van der Waals surface area contributed by atoms with Gasteiger partial charge in [0.15, 0.2) is 0 Å². The Labute approximate surface area is 117 Å². The summed E-state index contributed by atoms with van der Waals surface area (Å²) in [5, 5.41) is 12.6. The third kappa shape index (κ3) is 3.25. The number of aliphatic hydroxyl groups is 1. The van der Waals surface area contributed by atoms with Crippen molar-refractivity contribution in [3.05, 3.63) is 28.2 Å². The second-order valence-electron chi connectivity index (χ2n) is 5.14. The highest BCUT2D eigenvalue weighted by atomic mass is 79.9. The number of nitrogens with zero attached hydrogens (tertiary/aromatic N) is 1. The molecule has 1 saturated heterocycles. The summed E-state index contributed by atoms with van der Waals surface area (Å²) in [5.74, 6) is 0. The number of aryl methyl sites for hydroxylation is 1. The second-order valence-corrected chi connectivity index (χ2v) is 5.99. The van der Waals surface area contributed by atoms with Crippen molar-refractivity contribution in [1.29, 1.82) is 0 Å². The van der Waals surface area contributed by atoms with Crippen LogP contribution in [0.25, 0.3) is 0 Å². The molecule has 3 nitrogen and oxygen atoms in total. The van der Waals surface area contributed by atoms with E-state index in [2.05, 4.69) is 58.2 Å². The molecule has 18 heavy (non-hydrogen) atoms. The molecule has 0 amide bonds. The SMILES string of the molecule is Cc1ccc(N2CC(C)NC(CCO)C2)c(Br)c1. The van der Waals surface area contributed by atoms with E-state index in [4.69, 9.17) is 5.11 Å². The van der Waals surface area contributed by atoms with Gasteiger partial charge in [0.1, 0.15) is 0 Å². The van der Waals surface area contributed by atoms with Gasteiger partial charge in [-0.15, -0.1) is 0 Å². The predicted octanol–water partition coefficient (Wildman–Crippen LogP) is 2.31. The van der Waals surface area contributed by atoms with Crippen LogP contribution in [0, 0.1) is 6.92 Å². The lowest BCUT2D eigenvalue weighted by molar-refractivity contribution is 0.250. The Bertz CT molecular complexity index is 411. The minimum absolute atomic E-state index is 0.243. The van der Waals surface area contributed by atoms with Gasteiger partial charge >= 0.3 is 0 Å². The van der Waals surface area contributed by atoms with Gasteiger partial charge in [-0.25, -0.2) is 0 Å². The lowest BCUT2D eigenvalue weighted by atomic mass is 10.1. The first-order chi connectivity index (χ1) is 8.60. The molecule has 0 aliphatic carbocycles. The Kier molecular flexibility index (Phi) is 4.65. The van der Waals surface area contributed by atoms with Crippen LogP contribution in [0.15, 0.2) is 22.7 Å². The van der Waals surface area contributed by atoms with E-state index in [0.29, 0.717) is 12.1 Å². The lowest BCUT2D eigenvalue weighted by Crippen LogP contribution is -2.55. The van der Waals surface area contributed by atoms with E-state index in [0.717, 1.165) is 24.0 Å². The molecule has 0 saturated carbocycles. The van der Waals surface area contributed by atoms with Crippen molar-refractivity contribution in [2.24, 2.45) is 0 Å². The molecular formula is C14H21BrN2O. The highest BCUT2D eigenvalue weighted by molar-refractivity contribution is 9.10. The second kappa shape index (κ2) is 6.04. The van der Waals surface area contributed by atoms with E-state index < -0.39 is 0 Å². The van der Waals surface area contributed by atoms with E-state index in [1.807, 2.05) is 0 Å². The molecular weight excluding hydrogens is 292 g/mol. The first-order valence-electron chi connectivity index (χ1n) is 6.48. The maximum absolute atomic E-state index is 9.08. The minimum atomic E-state index is 0.243. The number of hydrogen-bond donors (Lipinski definition) is 2. The number of aliphatic hydroxyl groups excluding tert-OH is 1. The Hall–Kier alpha value is -0.580. The standard InChI is InChI=1S/C14H21BrN2O/c1-10-3-4-14(13(15)7-10)17-8-11(2)16-12(9-17)5-6-18/h3-4,7,11-12,16,18H,5-6,8-9H2,1-2H3. The van der Waals surface area contributed by atoms with E-state index >= 15 is 0 Å². The monoisotopic (exact) mass is 312 g/mol. The zero-order chi connectivity index (χ0) is 13.1. The molecule has 0 radical (unpaired) electrons. The van der Waals surface area contributed by atoms with Crippen molar-refractivity contribution in [3.8, 4) is 0 Å². The Balaban J connectivity index is 2.16. The maximum atomic E-state index is 9.08. The smallest absolute Gasteiger partial charge is 0.0511 e. The number of hydrogen-bond acceptors (Lipinski definition) is 3. The Morgan fingerprint density at radius 2 is 2.22 bits per heavy atom. The summed E-state index contributed by atoms with van der Waals surface area (Å²) in [6.45, 7) is 6.49. The lowest BCUT2D eigenvalue weighted by Gasteiger charge is -2.39. The van der Waals surface area contributed by atoms with Crippen LogP contribution in [0.2, 0.25) is 0 Å². The van der Waals surface area contributed by atoms with Crippen LogP contribution in [-0.4, -0.2) is 36.9 Å². The van der Waals surface area contributed by atoms with Gasteiger partial charge in [0.2, 0.25) is 0 Å². The molecule has 2 unspecified atom stereocenters. The highest BCUT2D eigenvalue weighted by Gasteiger charge is 2.24. The topological polar surface area (TPSA) is 35.5 Å². The van der Waals surface area contributed by atoms with Crippen LogP contribution in [0.5, 0.6) is 0 Å². The van der Waals surface area contributed by atoms with Crippen LogP contribution < -0.4 is 10.2 Å². The van der Waals surface area contributed by atoms with Crippen molar-refractivity contribution in [2.75, 3.05) is 24.6 Å². The Morgan fingerprint density at radius 3 is 2.89 bits per heavy atom. The molecule has 0 spiro atoms. The van der Waals surface area contributed by atoms with Crippen molar-refractivity contribution in [3.63, 3.8) is 0 Å². The molecule has 1 aliphatic heterocycles. The summed E-state index contributed by atoms with van der Waals surface area (Å²) in [6.07, 6.45) is 0.810. The van der Waals surface area contributed by atoms with Crippen LogP contribution >= 0.6 is 15.9 Å². The molecule has 0 aromatic heterocycles. The summed E-state index contributed by atoms with van der Waals surface area (Å²) in [6, 6.07) is 7.29. The summed E-state index contributed by atoms with van der Waals surface area (Å²) >= 11 is 3.65. The molecule has 1 aromatic rings. The molecule has 4 heteroatoms. The molecule has 1 fully saturated rings. The summed E-state index contributed by atoms with van der Waals surface area (Å²) in [4.78, 5) is 2.39. The van der Waals surface area contributed by atoms with Gasteiger partial charge in [-0.05, 0) is 53.9 Å². The van der Waals surface area contributed by atoms with Gasteiger partial charge in [-0.1, -0.05) is 6.07 Å². The zero-order valence-electron chi connectivity index (χ0n) is 11.0. The van der Waals surface area contributed by atoms with Crippen LogP contribution in [0.3, 0.4) is 0 Å². The largest absolute Gasteiger partial charge is 0.396 e. The highest BCUT2D eigenvalue weighted by Crippen LogP contribution is 2.28. The van der Waals surface area contributed by atoms with Crippen LogP contribution in [0.1, 0.15) is 18.9 Å². The third-order valence-electron chi connectivity index (χ3n) is 3.38. The van der Waals surface area contributed by atoms with E-state index in [1.165, 1.54) is 11.3 Å². The van der Waals surface area contributed by atoms with Crippen molar-refractivity contribution < 1.29 is 5.11 Å². The van der Waals surface area contributed by atoms with E-state index in [-0.39, 0.29) is 6.61 Å². The van der Waals surface area contributed by atoms with Crippen molar-refractivity contribution >= 4 is 21.6 Å². The fourth-order valence-corrected chi connectivity index (χ4v) is 3.32. The molecule has 2 N–H and O–H groups in total. The fraction of sp³-hybridized carbons (Fsp3) is 0.571. The average Bonchev–Trinajstić information content (AvgIpc) is 2.28. The van der Waals surface area contributed by atoms with Crippen LogP contribution in [-0.2, 0) is 0 Å². The fourth-order valence-electron chi connectivity index (χ4n) is 2.57. The molecule has 0 bridgehead atoms. The first kappa shape index (κ1) is 13.8. The summed E-state index contributed by atoms with van der Waals surface area (Å²) < 4.78 is 1.15. The maximum Gasteiger partial charge on any atom is 0.0511 e. The molecule has 1 aromatic carbocycles. The summed E-state index contributed by atoms with van der Waals surface area (Å²) in [7, 11) is 0. The number of benzene rings is 1. The first-order valence-corrected chi connectivity index (χ1v) is 7.27. The number of rotatable bonds is 3. The molecule has 1 heterocycles. The normalized spacial score (nSPS) is 24.3. The van der Waals surface area contributed by atoms with E-state index in [9.17, 15) is 0 Å². The predicted molar refractivity (Wildman–Crippen MR) is 79.2 cm³/mol. The molecule has 2 rings (SSSR count). The van der Waals surface area contributed by atoms with Gasteiger partial charge in [-0.3, -0.25) is 0 Å². The molecule has 1 aliphatic rings. The number of nitrogens with one attached hydrogen (secondary N) is 1. The van der Waals surface area contributed by atoms with E-state index in [1.54, 1.807) is 0 Å². The quantitative estimate of drug-likeness (QED) is 0.899. The van der Waals surface area contributed by atoms with Crippen LogP contribution in [0.4, 0.5) is 5.69 Å². The summed E-state index contributed by atoms with van der Waals surface area (Å²) in [5.41, 5.74) is 2.51. The number of anilines is 1.